The summed E-state index contributed by atoms with van der Waals surface area (Å²) in [6, 6.07) is 9.21. The third-order valence-corrected chi connectivity index (χ3v) is 16.4. The summed E-state index contributed by atoms with van der Waals surface area (Å²) in [4.78, 5) is 0. The summed E-state index contributed by atoms with van der Waals surface area (Å²) < 4.78 is 95.7. The molecule has 2 nitrogen and oxygen atoms in total. The number of hydrogen-bond donors (Lipinski definition) is 0. The summed E-state index contributed by atoms with van der Waals surface area (Å²) in [5.41, 5.74) is 0.613. The molecular weight excluding hydrogens is 622 g/mol. The van der Waals surface area contributed by atoms with Crippen LogP contribution in [-0.2, 0) is 33.5 Å². The number of halogens is 6. The van der Waals surface area contributed by atoms with Crippen LogP contribution in [0.5, 0.6) is 11.5 Å². The molecule has 0 spiro atoms. The molecule has 2 aliphatic rings. The van der Waals surface area contributed by atoms with E-state index in [4.69, 9.17) is 5.63 Å². The summed E-state index contributed by atoms with van der Waals surface area (Å²) in [5.74, 6) is 0.508. The van der Waals surface area contributed by atoms with E-state index in [1.54, 1.807) is 0 Å². The van der Waals surface area contributed by atoms with Crippen molar-refractivity contribution in [3.05, 3.63) is 102 Å². The standard InChI is InChI=1S/2C9H13.2C7H5F3O.Zr/c2*1-2-3-6-9-7-4-5-8-9;2*8-7(9,10)5-1-3-6(11)4-2-5;/h2*4,7H,2-3,5-6H2,1H3;2*1-4,11H;/q;;;;+2/p-2. The van der Waals surface area contributed by atoms with Gasteiger partial charge in [-0.3, -0.25) is 0 Å². The second-order valence-electron chi connectivity index (χ2n) is 10.3. The van der Waals surface area contributed by atoms with E-state index in [9.17, 15) is 26.3 Å². The van der Waals surface area contributed by atoms with Gasteiger partial charge in [-0.25, -0.2) is 0 Å². The molecular formula is C32H34F6O2Zr. The van der Waals surface area contributed by atoms with Crippen molar-refractivity contribution in [3.63, 3.8) is 0 Å². The molecule has 2 aliphatic carbocycles. The molecule has 0 heterocycles. The first-order valence-electron chi connectivity index (χ1n) is 14.0. The fourth-order valence-corrected chi connectivity index (χ4v) is 14.7. The molecule has 9 heteroatoms. The van der Waals surface area contributed by atoms with Crippen LogP contribution in [0.25, 0.3) is 0 Å². The Kier molecular flexibility index (Phi) is 10.1. The number of benzene rings is 2. The first-order chi connectivity index (χ1) is 19.5. The minimum atomic E-state index is -4.78. The number of unbranched alkanes of at least 4 members (excludes halogenated alkanes) is 2. The van der Waals surface area contributed by atoms with Crippen LogP contribution in [0.4, 0.5) is 26.3 Å². The Hall–Kier alpha value is -2.54. The summed E-state index contributed by atoms with van der Waals surface area (Å²) >= 11 is -4.78. The Balaban J connectivity index is 1.89. The average molecular weight is 656 g/mol. The summed E-state index contributed by atoms with van der Waals surface area (Å²) in [7, 11) is 0. The van der Waals surface area contributed by atoms with Gasteiger partial charge in [-0.15, -0.1) is 0 Å². The second kappa shape index (κ2) is 13.2. The number of rotatable bonds is 12. The first kappa shape index (κ1) is 31.4. The number of hydrogen-bond acceptors (Lipinski definition) is 2. The monoisotopic (exact) mass is 654 g/mol. The Labute approximate surface area is 243 Å². The third-order valence-electron chi connectivity index (χ3n) is 7.34. The molecule has 0 bridgehead atoms. The van der Waals surface area contributed by atoms with Gasteiger partial charge in [0, 0.05) is 0 Å². The van der Waals surface area contributed by atoms with E-state index >= 15 is 0 Å². The van der Waals surface area contributed by atoms with Gasteiger partial charge in [0.1, 0.15) is 0 Å². The maximum atomic E-state index is 13.3. The Bertz CT molecular complexity index is 1210. The van der Waals surface area contributed by atoms with Crippen molar-refractivity contribution in [2.75, 3.05) is 0 Å². The normalized spacial score (nSPS) is 15.8. The molecule has 0 atom stereocenters. The molecule has 220 valence electrons. The Morgan fingerprint density at radius 3 is 1.29 bits per heavy atom. The summed E-state index contributed by atoms with van der Waals surface area (Å²) in [6.45, 7) is 4.19. The van der Waals surface area contributed by atoms with E-state index in [0.29, 0.717) is 12.8 Å². The van der Waals surface area contributed by atoms with Crippen molar-refractivity contribution in [2.24, 2.45) is 0 Å². The van der Waals surface area contributed by atoms with Gasteiger partial charge in [0.05, 0.1) is 0 Å². The van der Waals surface area contributed by atoms with E-state index in [2.05, 4.69) is 26.0 Å². The van der Waals surface area contributed by atoms with Crippen LogP contribution >= 0.6 is 0 Å². The van der Waals surface area contributed by atoms with Gasteiger partial charge < -0.3 is 0 Å². The molecule has 0 aromatic heterocycles. The molecule has 0 saturated carbocycles. The fourth-order valence-electron chi connectivity index (χ4n) is 5.20. The van der Waals surface area contributed by atoms with Crippen molar-refractivity contribution in [3.8, 4) is 11.5 Å². The molecule has 0 amide bonds. The van der Waals surface area contributed by atoms with E-state index in [-0.39, 0.29) is 11.5 Å². The fraction of sp³-hybridized carbons (Fsp3) is 0.375. The number of allylic oxidation sites excluding steroid dienone is 8. The molecule has 0 fully saturated rings. The van der Waals surface area contributed by atoms with E-state index in [0.717, 1.165) is 80.5 Å². The molecule has 0 unspecified atom stereocenters. The van der Waals surface area contributed by atoms with E-state index in [1.165, 1.54) is 24.3 Å². The molecule has 2 aromatic rings. The quantitative estimate of drug-likeness (QED) is 0.212. The van der Waals surface area contributed by atoms with Crippen molar-refractivity contribution in [1.29, 1.82) is 0 Å². The molecule has 0 radical (unpaired) electrons. The molecule has 2 aromatic carbocycles. The van der Waals surface area contributed by atoms with Crippen molar-refractivity contribution in [2.45, 2.75) is 77.6 Å². The predicted molar refractivity (Wildman–Crippen MR) is 145 cm³/mol. The van der Waals surface area contributed by atoms with Gasteiger partial charge in [-0.05, 0) is 0 Å². The summed E-state index contributed by atoms with van der Waals surface area (Å²) in [6.07, 6.45) is 5.78. The molecule has 0 saturated heterocycles. The van der Waals surface area contributed by atoms with Crippen molar-refractivity contribution in [1.82, 2.24) is 0 Å². The summed E-state index contributed by atoms with van der Waals surface area (Å²) in [5, 5.41) is 0. The SMILES string of the molecule is CCCCC1=[C]([Zr]([O]c2ccc(C(F)(F)F)cc2)([O]c2ccc(C(F)(F)F)cc2)[C]2=C(CCCC)C=CC2)CC=C1. The second-order valence-corrected chi connectivity index (χ2v) is 17.3. The van der Waals surface area contributed by atoms with Gasteiger partial charge in [-0.2, -0.15) is 0 Å². The van der Waals surface area contributed by atoms with Crippen LogP contribution in [0.3, 0.4) is 0 Å². The molecule has 0 aliphatic heterocycles. The van der Waals surface area contributed by atoms with Crippen molar-refractivity contribution < 1.29 is 53.1 Å². The van der Waals surface area contributed by atoms with Gasteiger partial charge in [0.15, 0.2) is 0 Å². The topological polar surface area (TPSA) is 18.5 Å². The molecule has 41 heavy (non-hydrogen) atoms. The van der Waals surface area contributed by atoms with Crippen LogP contribution in [0, 0.1) is 0 Å². The Morgan fingerprint density at radius 1 is 0.610 bits per heavy atom. The number of alkyl halides is 6. The van der Waals surface area contributed by atoms with Crippen LogP contribution < -0.4 is 5.63 Å². The van der Waals surface area contributed by atoms with Crippen LogP contribution in [0.2, 0.25) is 0 Å². The first-order valence-corrected chi connectivity index (χ1v) is 18.4. The van der Waals surface area contributed by atoms with Crippen molar-refractivity contribution >= 4 is 0 Å². The van der Waals surface area contributed by atoms with Crippen LogP contribution in [0.15, 0.2) is 90.5 Å². The van der Waals surface area contributed by atoms with E-state index < -0.39 is 44.6 Å². The third kappa shape index (κ3) is 7.46. The van der Waals surface area contributed by atoms with E-state index in [1.807, 2.05) is 12.2 Å². The predicted octanol–water partition coefficient (Wildman–Crippen LogP) is 11.0. The van der Waals surface area contributed by atoms with Gasteiger partial charge in [0.2, 0.25) is 0 Å². The Morgan fingerprint density at radius 2 is 0.976 bits per heavy atom. The van der Waals surface area contributed by atoms with Gasteiger partial charge in [0.25, 0.3) is 0 Å². The zero-order chi connectivity index (χ0) is 29.7. The zero-order valence-corrected chi connectivity index (χ0v) is 25.6. The van der Waals surface area contributed by atoms with Crippen LogP contribution in [0.1, 0.15) is 76.3 Å². The average Bonchev–Trinajstić information content (AvgIpc) is 3.60. The maximum absolute atomic E-state index is 13.3. The molecule has 4 rings (SSSR count). The zero-order valence-electron chi connectivity index (χ0n) is 23.2. The van der Waals surface area contributed by atoms with Gasteiger partial charge in [-0.1, -0.05) is 0 Å². The minimum absolute atomic E-state index is 0.254. The van der Waals surface area contributed by atoms with Crippen LogP contribution in [-0.4, -0.2) is 0 Å². The van der Waals surface area contributed by atoms with Gasteiger partial charge >= 0.3 is 244 Å². The molecule has 0 N–H and O–H groups in total.